The van der Waals surface area contributed by atoms with Gasteiger partial charge in [0.05, 0.1) is 0 Å². The number of hydrogen-bond donors (Lipinski definition) is 3. The van der Waals surface area contributed by atoms with Crippen LogP contribution in [0.15, 0.2) is 67.0 Å². The molecule has 0 aliphatic rings. The monoisotopic (exact) mass is 396 g/mol. The number of urea groups is 1. The number of amides is 3. The summed E-state index contributed by atoms with van der Waals surface area (Å²) in [7, 11) is 0. The zero-order valence-electron chi connectivity index (χ0n) is 15.3. The van der Waals surface area contributed by atoms with E-state index in [2.05, 4.69) is 20.9 Å². The summed E-state index contributed by atoms with van der Waals surface area (Å²) in [5.41, 5.74) is 2.10. The molecule has 0 saturated heterocycles. The van der Waals surface area contributed by atoms with Crippen molar-refractivity contribution in [2.24, 2.45) is 0 Å². The first kappa shape index (κ1) is 19.9. The third-order valence-corrected chi connectivity index (χ3v) is 3.98. The van der Waals surface area contributed by atoms with Crippen LogP contribution in [0.3, 0.4) is 0 Å². The van der Waals surface area contributed by atoms with Crippen LogP contribution < -0.4 is 16.0 Å². The van der Waals surface area contributed by atoms with Crippen LogP contribution in [-0.2, 0) is 13.1 Å². The van der Waals surface area contributed by atoms with Crippen molar-refractivity contribution < 1.29 is 18.4 Å². The quantitative estimate of drug-likeness (QED) is 0.595. The lowest BCUT2D eigenvalue weighted by Gasteiger charge is -2.09. The van der Waals surface area contributed by atoms with Crippen LogP contribution in [0, 0.1) is 11.6 Å². The first-order valence-corrected chi connectivity index (χ1v) is 8.76. The van der Waals surface area contributed by atoms with Gasteiger partial charge in [0.1, 0.15) is 11.6 Å². The second kappa shape index (κ2) is 9.41. The van der Waals surface area contributed by atoms with Crippen LogP contribution >= 0.6 is 0 Å². The van der Waals surface area contributed by atoms with Crippen LogP contribution in [0.25, 0.3) is 0 Å². The lowest BCUT2D eigenvalue weighted by Crippen LogP contribution is -2.28. The van der Waals surface area contributed by atoms with Crippen molar-refractivity contribution in [1.82, 2.24) is 15.6 Å². The fourth-order valence-corrected chi connectivity index (χ4v) is 2.56. The van der Waals surface area contributed by atoms with Gasteiger partial charge in [0.2, 0.25) is 0 Å². The number of rotatable bonds is 6. The van der Waals surface area contributed by atoms with Gasteiger partial charge in [-0.05, 0) is 59.7 Å². The van der Waals surface area contributed by atoms with E-state index in [1.54, 1.807) is 48.8 Å². The number of hydrogen-bond acceptors (Lipinski definition) is 3. The number of pyridine rings is 1. The molecule has 0 bridgehead atoms. The molecular weight excluding hydrogens is 378 g/mol. The summed E-state index contributed by atoms with van der Waals surface area (Å²) in [5, 5.41) is 7.97. The molecule has 2 aromatic carbocycles. The molecule has 0 aliphatic carbocycles. The topological polar surface area (TPSA) is 83.1 Å². The molecule has 6 nitrogen and oxygen atoms in total. The molecule has 148 valence electrons. The summed E-state index contributed by atoms with van der Waals surface area (Å²) in [6.07, 6.45) is 3.28. The molecule has 1 aromatic heterocycles. The van der Waals surface area contributed by atoms with E-state index in [0.29, 0.717) is 23.4 Å². The predicted octanol–water partition coefficient (Wildman–Crippen LogP) is 3.61. The summed E-state index contributed by atoms with van der Waals surface area (Å²) >= 11 is 0. The van der Waals surface area contributed by atoms with E-state index in [9.17, 15) is 18.4 Å². The molecule has 3 rings (SSSR count). The number of halogens is 2. The van der Waals surface area contributed by atoms with Gasteiger partial charge in [-0.3, -0.25) is 9.78 Å². The normalized spacial score (nSPS) is 10.3. The first-order valence-electron chi connectivity index (χ1n) is 8.76. The van der Waals surface area contributed by atoms with Gasteiger partial charge in [-0.1, -0.05) is 0 Å². The molecule has 0 radical (unpaired) electrons. The van der Waals surface area contributed by atoms with Gasteiger partial charge in [-0.2, -0.15) is 0 Å². The van der Waals surface area contributed by atoms with Crippen molar-refractivity contribution in [3.05, 3.63) is 95.3 Å². The van der Waals surface area contributed by atoms with Crippen molar-refractivity contribution in [3.8, 4) is 0 Å². The number of nitrogens with one attached hydrogen (secondary N) is 3. The Bertz CT molecular complexity index is 975. The molecule has 0 saturated carbocycles. The van der Waals surface area contributed by atoms with E-state index in [0.717, 1.165) is 23.8 Å². The zero-order chi connectivity index (χ0) is 20.6. The summed E-state index contributed by atoms with van der Waals surface area (Å²) in [5.74, 6) is -1.80. The largest absolute Gasteiger partial charge is 0.348 e. The third-order valence-electron chi connectivity index (χ3n) is 3.98. The summed E-state index contributed by atoms with van der Waals surface area (Å²) in [4.78, 5) is 28.0. The Morgan fingerprint density at radius 3 is 2.07 bits per heavy atom. The molecule has 3 N–H and O–H groups in total. The van der Waals surface area contributed by atoms with Gasteiger partial charge in [0.15, 0.2) is 0 Å². The molecule has 3 amide bonds. The average Bonchev–Trinajstić information content (AvgIpc) is 2.71. The van der Waals surface area contributed by atoms with Crippen LogP contribution in [-0.4, -0.2) is 16.9 Å². The molecule has 0 spiro atoms. The minimum Gasteiger partial charge on any atom is -0.348 e. The molecular formula is C21H18F2N4O2. The van der Waals surface area contributed by atoms with Crippen molar-refractivity contribution >= 4 is 17.6 Å². The number of nitrogens with zero attached hydrogens (tertiary/aromatic N) is 1. The maximum atomic E-state index is 13.2. The van der Waals surface area contributed by atoms with Crippen LogP contribution in [0.2, 0.25) is 0 Å². The Morgan fingerprint density at radius 1 is 0.793 bits per heavy atom. The van der Waals surface area contributed by atoms with Gasteiger partial charge in [-0.25, -0.2) is 13.6 Å². The second-order valence-corrected chi connectivity index (χ2v) is 6.20. The van der Waals surface area contributed by atoms with Gasteiger partial charge in [0.25, 0.3) is 5.91 Å². The van der Waals surface area contributed by atoms with Gasteiger partial charge in [-0.15, -0.1) is 0 Å². The van der Waals surface area contributed by atoms with Crippen molar-refractivity contribution in [2.45, 2.75) is 13.1 Å². The highest BCUT2D eigenvalue weighted by Crippen LogP contribution is 2.11. The molecule has 1 heterocycles. The number of carbonyl (C=O) groups is 2. The highest BCUT2D eigenvalue weighted by Gasteiger charge is 2.08. The predicted molar refractivity (Wildman–Crippen MR) is 104 cm³/mol. The lowest BCUT2D eigenvalue weighted by atomic mass is 10.1. The second-order valence-electron chi connectivity index (χ2n) is 6.20. The fraction of sp³-hybridized carbons (Fsp3) is 0.0952. The van der Waals surface area contributed by atoms with Gasteiger partial charge in [0, 0.05) is 42.8 Å². The SMILES string of the molecule is O=C(NCc1ccncc1)Nc1ccc(C(=O)NCc2cc(F)cc(F)c2)cc1. The Hall–Kier alpha value is -3.81. The molecule has 0 aliphatic heterocycles. The summed E-state index contributed by atoms with van der Waals surface area (Å²) < 4.78 is 26.4. The Morgan fingerprint density at radius 2 is 1.41 bits per heavy atom. The minimum absolute atomic E-state index is 0.00900. The van der Waals surface area contributed by atoms with E-state index in [1.165, 1.54) is 0 Å². The average molecular weight is 396 g/mol. The van der Waals surface area contributed by atoms with Gasteiger partial charge < -0.3 is 16.0 Å². The standard InChI is InChI=1S/C21H18F2N4O2/c22-17-9-15(10-18(23)11-17)13-25-20(28)16-1-3-19(4-2-16)27-21(29)26-12-14-5-7-24-8-6-14/h1-11H,12-13H2,(H,25,28)(H2,26,27,29). The number of benzene rings is 2. The molecule has 0 fully saturated rings. The number of carbonyl (C=O) groups excluding carboxylic acids is 2. The van der Waals surface area contributed by atoms with E-state index in [4.69, 9.17) is 0 Å². The first-order chi connectivity index (χ1) is 14.0. The van der Waals surface area contributed by atoms with Crippen LogP contribution in [0.4, 0.5) is 19.3 Å². The minimum atomic E-state index is -0.702. The highest BCUT2D eigenvalue weighted by molar-refractivity contribution is 5.95. The molecule has 0 unspecified atom stereocenters. The summed E-state index contributed by atoms with van der Waals surface area (Å²) in [6.45, 7) is 0.348. The Labute approximate surface area is 166 Å². The molecule has 29 heavy (non-hydrogen) atoms. The Balaban J connectivity index is 1.49. The third kappa shape index (κ3) is 6.10. The van der Waals surface area contributed by atoms with E-state index >= 15 is 0 Å². The maximum Gasteiger partial charge on any atom is 0.319 e. The maximum absolute atomic E-state index is 13.2. The smallest absolute Gasteiger partial charge is 0.319 e. The number of aromatic nitrogens is 1. The van der Waals surface area contributed by atoms with E-state index in [1.807, 2.05) is 0 Å². The highest BCUT2D eigenvalue weighted by atomic mass is 19.1. The fourth-order valence-electron chi connectivity index (χ4n) is 2.56. The Kier molecular flexibility index (Phi) is 6.47. The molecule has 0 atom stereocenters. The molecule has 8 heteroatoms. The van der Waals surface area contributed by atoms with E-state index in [-0.39, 0.29) is 12.6 Å². The number of anilines is 1. The van der Waals surface area contributed by atoms with Crippen molar-refractivity contribution in [2.75, 3.05) is 5.32 Å². The van der Waals surface area contributed by atoms with Crippen LogP contribution in [0.5, 0.6) is 0 Å². The summed E-state index contributed by atoms with van der Waals surface area (Å²) in [6, 6.07) is 12.5. The van der Waals surface area contributed by atoms with Crippen molar-refractivity contribution in [3.63, 3.8) is 0 Å². The van der Waals surface area contributed by atoms with Gasteiger partial charge >= 0.3 is 6.03 Å². The molecule has 3 aromatic rings. The lowest BCUT2D eigenvalue weighted by molar-refractivity contribution is 0.0951. The van der Waals surface area contributed by atoms with Crippen LogP contribution in [0.1, 0.15) is 21.5 Å². The van der Waals surface area contributed by atoms with Crippen molar-refractivity contribution in [1.29, 1.82) is 0 Å². The zero-order valence-corrected chi connectivity index (χ0v) is 15.3. The van der Waals surface area contributed by atoms with E-state index < -0.39 is 17.5 Å².